The van der Waals surface area contributed by atoms with Crippen LogP contribution in [0.2, 0.25) is 0 Å². The van der Waals surface area contributed by atoms with Gasteiger partial charge in [0.2, 0.25) is 5.60 Å². The van der Waals surface area contributed by atoms with Crippen molar-refractivity contribution in [2.24, 2.45) is 0 Å². The molecule has 1 aliphatic carbocycles. The van der Waals surface area contributed by atoms with E-state index in [0.717, 1.165) is 50.5 Å². The largest absolute Gasteiger partial charge is 0.460 e. The van der Waals surface area contributed by atoms with Crippen LogP contribution < -0.4 is 5.69 Å². The highest BCUT2D eigenvalue weighted by Crippen LogP contribution is 2.38. The number of hydrogen-bond donors (Lipinski definition) is 2. The van der Waals surface area contributed by atoms with Gasteiger partial charge in [-0.2, -0.15) is 0 Å². The molecular formula is C28H31N3O5S2. The maximum absolute atomic E-state index is 13.2. The number of benzene rings is 1. The Morgan fingerprint density at radius 1 is 1.16 bits per heavy atom. The predicted octanol–water partition coefficient (Wildman–Crippen LogP) is 4.38. The summed E-state index contributed by atoms with van der Waals surface area (Å²) < 4.78 is 7.59. The van der Waals surface area contributed by atoms with Crippen LogP contribution in [-0.4, -0.2) is 57.6 Å². The average molecular weight is 554 g/mol. The Morgan fingerprint density at radius 2 is 1.84 bits per heavy atom. The summed E-state index contributed by atoms with van der Waals surface area (Å²) in [7, 11) is 2.09. The number of aliphatic hydroxyl groups is 1. The number of carbonyl (C=O) groups is 2. The highest BCUT2D eigenvalue weighted by Gasteiger charge is 2.45. The quantitative estimate of drug-likeness (QED) is 0.223. The van der Waals surface area contributed by atoms with Crippen molar-refractivity contribution in [1.82, 2.24) is 14.5 Å². The molecule has 0 spiro atoms. The van der Waals surface area contributed by atoms with Crippen LogP contribution in [0.5, 0.6) is 0 Å². The molecule has 0 unspecified atom stereocenters. The Hall–Kier alpha value is -3.05. The molecule has 200 valence electrons. The predicted molar refractivity (Wildman–Crippen MR) is 149 cm³/mol. The molecule has 5 rings (SSSR count). The Balaban J connectivity index is 1.13. The van der Waals surface area contributed by atoms with Crippen LogP contribution in [0.1, 0.15) is 52.2 Å². The molecule has 0 radical (unpaired) electrons. The van der Waals surface area contributed by atoms with E-state index in [0.29, 0.717) is 33.4 Å². The molecule has 1 aliphatic rings. The molecule has 0 saturated heterocycles. The highest BCUT2D eigenvalue weighted by atomic mass is 32.1. The number of aromatic nitrogens is 2. The van der Waals surface area contributed by atoms with Crippen molar-refractivity contribution in [2.45, 2.75) is 56.4 Å². The topological polar surface area (TPSA) is 105 Å². The zero-order valence-electron chi connectivity index (χ0n) is 21.2. The SMILES string of the molecule is CN(CCCn1c(=O)[nH]c2cc(C=O)ccc21)[C@H]1CC[C@H](OC(=O)C(O)(c2cccs2)c2cccs2)CC1. The normalized spacial score (nSPS) is 18.2. The van der Waals surface area contributed by atoms with Gasteiger partial charge in [0, 0.05) is 18.2 Å². The molecular weight excluding hydrogens is 522 g/mol. The van der Waals surface area contributed by atoms with Crippen molar-refractivity contribution in [2.75, 3.05) is 13.6 Å². The van der Waals surface area contributed by atoms with E-state index >= 15 is 0 Å². The fourth-order valence-electron chi connectivity index (χ4n) is 5.27. The summed E-state index contributed by atoms with van der Waals surface area (Å²) >= 11 is 2.69. The number of thiophene rings is 2. The number of aromatic amines is 1. The molecule has 1 fully saturated rings. The van der Waals surface area contributed by atoms with E-state index in [1.807, 2.05) is 22.9 Å². The van der Waals surface area contributed by atoms with Crippen molar-refractivity contribution < 1.29 is 19.4 Å². The van der Waals surface area contributed by atoms with E-state index in [-0.39, 0.29) is 11.8 Å². The maximum Gasteiger partial charge on any atom is 0.349 e. The fourth-order valence-corrected chi connectivity index (χ4v) is 6.98. The zero-order chi connectivity index (χ0) is 26.7. The summed E-state index contributed by atoms with van der Waals surface area (Å²) in [6, 6.07) is 12.8. The monoisotopic (exact) mass is 553 g/mol. The second-order valence-corrected chi connectivity index (χ2v) is 11.7. The molecule has 1 aromatic carbocycles. The third kappa shape index (κ3) is 5.26. The van der Waals surface area contributed by atoms with Gasteiger partial charge in [-0.15, -0.1) is 22.7 Å². The first-order valence-electron chi connectivity index (χ1n) is 12.8. The van der Waals surface area contributed by atoms with Crippen LogP contribution in [0.4, 0.5) is 0 Å². The molecule has 0 atom stereocenters. The molecule has 0 bridgehead atoms. The molecule has 0 aliphatic heterocycles. The van der Waals surface area contributed by atoms with E-state index in [9.17, 15) is 19.5 Å². The number of fused-ring (bicyclic) bond motifs is 1. The molecule has 4 aromatic rings. The number of ether oxygens (including phenoxy) is 1. The van der Waals surface area contributed by atoms with Crippen molar-refractivity contribution in [3.63, 3.8) is 0 Å². The Labute approximate surface area is 228 Å². The Bertz CT molecular complexity index is 1400. The highest BCUT2D eigenvalue weighted by molar-refractivity contribution is 7.12. The van der Waals surface area contributed by atoms with Crippen LogP contribution in [0.15, 0.2) is 58.0 Å². The number of aldehydes is 1. The van der Waals surface area contributed by atoms with Gasteiger partial charge in [0.25, 0.3) is 0 Å². The fraction of sp³-hybridized carbons (Fsp3) is 0.393. The molecule has 3 aromatic heterocycles. The summed E-state index contributed by atoms with van der Waals surface area (Å²) in [5.41, 5.74) is 0.0693. The number of aryl methyl sites for hydroxylation is 1. The molecule has 38 heavy (non-hydrogen) atoms. The van der Waals surface area contributed by atoms with Crippen molar-refractivity contribution >= 4 is 46.0 Å². The average Bonchev–Trinajstić information content (AvgIpc) is 3.71. The number of nitrogens with zero attached hydrogens (tertiary/aromatic N) is 2. The summed E-state index contributed by atoms with van der Waals surface area (Å²) in [6.07, 6.45) is 4.63. The number of rotatable bonds is 10. The lowest BCUT2D eigenvalue weighted by atomic mass is 9.91. The van der Waals surface area contributed by atoms with Gasteiger partial charge in [-0.05, 0) is 86.8 Å². The van der Waals surface area contributed by atoms with Gasteiger partial charge in [0.15, 0.2) is 0 Å². The van der Waals surface area contributed by atoms with Crippen LogP contribution in [-0.2, 0) is 21.7 Å². The number of H-pyrrole nitrogens is 1. The first kappa shape index (κ1) is 26.6. The van der Waals surface area contributed by atoms with Crippen molar-refractivity contribution in [3.8, 4) is 0 Å². The van der Waals surface area contributed by atoms with Crippen molar-refractivity contribution in [3.05, 3.63) is 79.0 Å². The van der Waals surface area contributed by atoms with Gasteiger partial charge in [-0.3, -0.25) is 9.36 Å². The van der Waals surface area contributed by atoms with E-state index in [4.69, 9.17) is 4.74 Å². The first-order chi connectivity index (χ1) is 18.4. The minimum Gasteiger partial charge on any atom is -0.460 e. The number of carbonyl (C=O) groups excluding carboxylic acids is 2. The third-order valence-electron chi connectivity index (χ3n) is 7.42. The maximum atomic E-state index is 13.2. The van der Waals surface area contributed by atoms with Crippen LogP contribution in [0.3, 0.4) is 0 Å². The molecule has 1 saturated carbocycles. The molecule has 3 heterocycles. The van der Waals surface area contributed by atoms with Crippen LogP contribution in [0, 0.1) is 0 Å². The zero-order valence-corrected chi connectivity index (χ0v) is 22.8. The summed E-state index contributed by atoms with van der Waals surface area (Å²) in [6.45, 7) is 1.41. The smallest absolute Gasteiger partial charge is 0.349 e. The Kier molecular flexibility index (Phi) is 7.94. The molecule has 10 heteroatoms. The van der Waals surface area contributed by atoms with Gasteiger partial charge in [-0.1, -0.05) is 12.1 Å². The Morgan fingerprint density at radius 3 is 2.45 bits per heavy atom. The number of hydrogen-bond acceptors (Lipinski definition) is 8. The summed E-state index contributed by atoms with van der Waals surface area (Å²) in [5, 5.41) is 15.2. The lowest BCUT2D eigenvalue weighted by Gasteiger charge is -2.35. The number of imidazole rings is 1. The van der Waals surface area contributed by atoms with Gasteiger partial charge in [-0.25, -0.2) is 9.59 Å². The first-order valence-corrected chi connectivity index (χ1v) is 14.6. The summed E-state index contributed by atoms with van der Waals surface area (Å²) in [4.78, 5) is 42.9. The summed E-state index contributed by atoms with van der Waals surface area (Å²) in [5.74, 6) is -0.608. The third-order valence-corrected chi connectivity index (χ3v) is 9.38. The lowest BCUT2D eigenvalue weighted by molar-refractivity contribution is -0.169. The minimum absolute atomic E-state index is 0.168. The molecule has 8 nitrogen and oxygen atoms in total. The van der Waals surface area contributed by atoms with Gasteiger partial charge in [0.05, 0.1) is 20.8 Å². The van der Waals surface area contributed by atoms with Gasteiger partial charge in [0.1, 0.15) is 12.4 Å². The van der Waals surface area contributed by atoms with E-state index < -0.39 is 11.6 Å². The molecule has 0 amide bonds. The minimum atomic E-state index is -1.77. The van der Waals surface area contributed by atoms with Gasteiger partial charge < -0.3 is 19.7 Å². The number of nitrogens with one attached hydrogen (secondary N) is 1. The van der Waals surface area contributed by atoms with Crippen LogP contribution in [0.25, 0.3) is 11.0 Å². The number of esters is 1. The van der Waals surface area contributed by atoms with E-state index in [1.54, 1.807) is 34.9 Å². The van der Waals surface area contributed by atoms with Crippen molar-refractivity contribution in [1.29, 1.82) is 0 Å². The lowest BCUT2D eigenvalue weighted by Crippen LogP contribution is -2.42. The van der Waals surface area contributed by atoms with Gasteiger partial charge >= 0.3 is 11.7 Å². The van der Waals surface area contributed by atoms with Crippen LogP contribution >= 0.6 is 22.7 Å². The van der Waals surface area contributed by atoms with E-state index in [1.165, 1.54) is 22.7 Å². The second-order valence-electron chi connectivity index (χ2n) is 9.81. The van der Waals surface area contributed by atoms with E-state index in [2.05, 4.69) is 16.9 Å². The standard InChI is InChI=1S/C28H31N3O5S2/c1-30(13-4-14-31-23-12-7-19(18-32)17-22(23)29-27(31)34)20-8-10-21(11-9-20)36-26(33)28(35,24-5-2-15-37-24)25-6-3-16-38-25/h2-3,5-7,12,15-18,20-21,35H,4,8-11,13-14H2,1H3,(H,29,34)/t20-,21-. The molecule has 2 N–H and O–H groups in total. The second kappa shape index (κ2) is 11.4.